The van der Waals surface area contributed by atoms with Crippen LogP contribution in [0.1, 0.15) is 24.8 Å². The van der Waals surface area contributed by atoms with E-state index in [9.17, 15) is 13.2 Å². The Morgan fingerprint density at radius 1 is 1.10 bits per heavy atom. The molecule has 1 atom stereocenters. The van der Waals surface area contributed by atoms with Crippen molar-refractivity contribution in [1.82, 2.24) is 4.90 Å². The minimum atomic E-state index is -4.40. The van der Waals surface area contributed by atoms with E-state index in [1.807, 2.05) is 0 Å². The number of nitrogen functional groups attached to an aromatic ring is 1. The average Bonchev–Trinajstić information content (AvgIpc) is 2.46. The van der Waals surface area contributed by atoms with Crippen molar-refractivity contribution >= 4 is 11.4 Å². The van der Waals surface area contributed by atoms with E-state index in [1.54, 1.807) is 6.07 Å². The van der Waals surface area contributed by atoms with Crippen LogP contribution in [0.15, 0.2) is 18.2 Å². The lowest BCUT2D eigenvalue weighted by molar-refractivity contribution is -0.136. The number of nitrogens with two attached hydrogens (primary N) is 1. The number of hydrogen-bond donors (Lipinski definition) is 1. The van der Waals surface area contributed by atoms with Crippen molar-refractivity contribution in [1.29, 1.82) is 0 Å². The van der Waals surface area contributed by atoms with Crippen molar-refractivity contribution in [2.24, 2.45) is 0 Å². The zero-order chi connectivity index (χ0) is 15.0. The number of anilines is 2. The number of hydrogen-bond acceptors (Lipinski definition) is 3. The first-order chi connectivity index (χ1) is 9.95. The Hall–Kier alpha value is -1.43. The summed E-state index contributed by atoms with van der Waals surface area (Å²) in [7, 11) is 0. The predicted octanol–water partition coefficient (Wildman–Crippen LogP) is 2.96. The third-order valence-corrected chi connectivity index (χ3v) is 4.54. The van der Waals surface area contributed by atoms with Crippen LogP contribution in [-0.4, -0.2) is 37.1 Å². The average molecular weight is 299 g/mol. The lowest BCUT2D eigenvalue weighted by Crippen LogP contribution is -2.54. The standard InChI is InChI=1S/C15H20F3N3/c16-15(17,18)13-9-11(4-5-14(13)19)21-8-7-20-6-2-1-3-12(20)10-21/h4-5,9,12H,1-3,6-8,10,19H2. The molecule has 3 nitrogen and oxygen atoms in total. The molecule has 0 radical (unpaired) electrons. The summed E-state index contributed by atoms with van der Waals surface area (Å²) >= 11 is 0. The van der Waals surface area contributed by atoms with Gasteiger partial charge in [-0.1, -0.05) is 6.42 Å². The predicted molar refractivity (Wildman–Crippen MR) is 77.3 cm³/mol. The number of piperidine rings is 1. The second-order valence-corrected chi connectivity index (χ2v) is 5.90. The SMILES string of the molecule is Nc1ccc(N2CCN3CCCCC3C2)cc1C(F)(F)F. The maximum Gasteiger partial charge on any atom is 0.418 e. The molecule has 21 heavy (non-hydrogen) atoms. The molecule has 2 aliphatic rings. The Morgan fingerprint density at radius 2 is 1.90 bits per heavy atom. The van der Waals surface area contributed by atoms with E-state index in [0.29, 0.717) is 11.7 Å². The van der Waals surface area contributed by atoms with Gasteiger partial charge in [-0.2, -0.15) is 13.2 Å². The molecule has 2 heterocycles. The monoisotopic (exact) mass is 299 g/mol. The highest BCUT2D eigenvalue weighted by Crippen LogP contribution is 2.36. The van der Waals surface area contributed by atoms with Crippen LogP contribution in [0.5, 0.6) is 0 Å². The van der Waals surface area contributed by atoms with Crippen LogP contribution in [0.25, 0.3) is 0 Å². The van der Waals surface area contributed by atoms with Crippen molar-refractivity contribution in [3.63, 3.8) is 0 Å². The van der Waals surface area contributed by atoms with E-state index in [2.05, 4.69) is 9.80 Å². The minimum Gasteiger partial charge on any atom is -0.398 e. The first-order valence-electron chi connectivity index (χ1n) is 7.41. The van der Waals surface area contributed by atoms with E-state index < -0.39 is 11.7 Å². The molecule has 0 bridgehead atoms. The van der Waals surface area contributed by atoms with Crippen LogP contribution in [0.3, 0.4) is 0 Å². The summed E-state index contributed by atoms with van der Waals surface area (Å²) in [5, 5.41) is 0. The van der Waals surface area contributed by atoms with Gasteiger partial charge in [-0.3, -0.25) is 4.90 Å². The van der Waals surface area contributed by atoms with Crippen molar-refractivity contribution < 1.29 is 13.2 Å². The van der Waals surface area contributed by atoms with Crippen LogP contribution >= 0.6 is 0 Å². The molecule has 2 aliphatic heterocycles. The molecule has 0 saturated carbocycles. The molecule has 0 aliphatic carbocycles. The fourth-order valence-electron chi connectivity index (χ4n) is 3.38. The minimum absolute atomic E-state index is 0.206. The van der Waals surface area contributed by atoms with Crippen molar-refractivity contribution in [3.8, 4) is 0 Å². The number of halogens is 3. The van der Waals surface area contributed by atoms with Gasteiger partial charge in [-0.25, -0.2) is 0 Å². The molecule has 0 amide bonds. The van der Waals surface area contributed by atoms with E-state index in [-0.39, 0.29) is 5.69 Å². The molecule has 0 spiro atoms. The van der Waals surface area contributed by atoms with E-state index >= 15 is 0 Å². The third-order valence-electron chi connectivity index (χ3n) is 4.54. The summed E-state index contributed by atoms with van der Waals surface area (Å²) in [6, 6.07) is 4.72. The molecule has 2 saturated heterocycles. The number of piperazine rings is 1. The molecule has 1 aromatic carbocycles. The van der Waals surface area contributed by atoms with Crippen molar-refractivity contribution in [2.75, 3.05) is 36.8 Å². The quantitative estimate of drug-likeness (QED) is 0.809. The van der Waals surface area contributed by atoms with Gasteiger partial charge < -0.3 is 10.6 Å². The fourth-order valence-corrected chi connectivity index (χ4v) is 3.38. The number of alkyl halides is 3. The van der Waals surface area contributed by atoms with Gasteiger partial charge in [0.05, 0.1) is 5.56 Å². The molecule has 116 valence electrons. The first kappa shape index (κ1) is 14.5. The van der Waals surface area contributed by atoms with E-state index in [0.717, 1.165) is 32.6 Å². The van der Waals surface area contributed by atoms with Crippen LogP contribution in [0.2, 0.25) is 0 Å². The molecule has 2 fully saturated rings. The number of nitrogens with zero attached hydrogens (tertiary/aromatic N) is 2. The first-order valence-corrected chi connectivity index (χ1v) is 7.41. The highest BCUT2D eigenvalue weighted by Gasteiger charge is 2.34. The van der Waals surface area contributed by atoms with Crippen LogP contribution in [-0.2, 0) is 6.18 Å². The maximum atomic E-state index is 13.0. The largest absolute Gasteiger partial charge is 0.418 e. The van der Waals surface area contributed by atoms with Crippen molar-refractivity contribution in [2.45, 2.75) is 31.5 Å². The molecular formula is C15H20F3N3. The normalized spacial score (nSPS) is 24.0. The molecule has 6 heteroatoms. The van der Waals surface area contributed by atoms with Gasteiger partial charge in [-0.05, 0) is 37.6 Å². The molecule has 2 N–H and O–H groups in total. The van der Waals surface area contributed by atoms with Crippen molar-refractivity contribution in [3.05, 3.63) is 23.8 Å². The second kappa shape index (κ2) is 5.40. The van der Waals surface area contributed by atoms with Gasteiger partial charge in [0.2, 0.25) is 0 Å². The van der Waals surface area contributed by atoms with Gasteiger partial charge in [0.15, 0.2) is 0 Å². The van der Waals surface area contributed by atoms with Gasteiger partial charge >= 0.3 is 6.18 Å². The maximum absolute atomic E-state index is 13.0. The Bertz CT molecular complexity index is 515. The number of benzene rings is 1. The topological polar surface area (TPSA) is 32.5 Å². The van der Waals surface area contributed by atoms with Gasteiger partial charge in [-0.15, -0.1) is 0 Å². The second-order valence-electron chi connectivity index (χ2n) is 5.90. The lowest BCUT2D eigenvalue weighted by atomic mass is 9.99. The Morgan fingerprint density at radius 3 is 2.67 bits per heavy atom. The van der Waals surface area contributed by atoms with Gasteiger partial charge in [0, 0.05) is 37.1 Å². The lowest BCUT2D eigenvalue weighted by Gasteiger charge is -2.45. The Labute approximate surface area is 122 Å². The summed E-state index contributed by atoms with van der Waals surface area (Å²) in [4.78, 5) is 4.52. The number of fused-ring (bicyclic) bond motifs is 1. The van der Waals surface area contributed by atoms with Crippen LogP contribution < -0.4 is 10.6 Å². The highest BCUT2D eigenvalue weighted by atomic mass is 19.4. The molecule has 1 aromatic rings. The highest BCUT2D eigenvalue weighted by molar-refractivity contribution is 5.59. The van der Waals surface area contributed by atoms with E-state index in [1.165, 1.54) is 25.0 Å². The summed E-state index contributed by atoms with van der Waals surface area (Å²) in [5.74, 6) is 0. The summed E-state index contributed by atoms with van der Waals surface area (Å²) < 4.78 is 38.9. The molecule has 0 aromatic heterocycles. The van der Waals surface area contributed by atoms with E-state index in [4.69, 9.17) is 5.73 Å². The number of rotatable bonds is 1. The van der Waals surface area contributed by atoms with Crippen LogP contribution in [0.4, 0.5) is 24.5 Å². The zero-order valence-corrected chi connectivity index (χ0v) is 11.9. The Kier molecular flexibility index (Phi) is 3.73. The van der Waals surface area contributed by atoms with Gasteiger partial charge in [0.25, 0.3) is 0 Å². The summed E-state index contributed by atoms with van der Waals surface area (Å²) in [5.41, 5.74) is 5.15. The molecule has 3 rings (SSSR count). The fraction of sp³-hybridized carbons (Fsp3) is 0.600. The molecular weight excluding hydrogens is 279 g/mol. The van der Waals surface area contributed by atoms with Gasteiger partial charge in [0.1, 0.15) is 0 Å². The smallest absolute Gasteiger partial charge is 0.398 e. The summed E-state index contributed by atoms with van der Waals surface area (Å²) in [6.45, 7) is 3.63. The summed E-state index contributed by atoms with van der Waals surface area (Å²) in [6.07, 6.45) is -0.814. The third kappa shape index (κ3) is 2.95. The van der Waals surface area contributed by atoms with Crippen LogP contribution in [0, 0.1) is 0 Å². The Balaban J connectivity index is 1.81. The molecule has 1 unspecified atom stereocenters. The zero-order valence-electron chi connectivity index (χ0n) is 11.9.